The van der Waals surface area contributed by atoms with Crippen molar-refractivity contribution in [2.75, 3.05) is 0 Å². The van der Waals surface area contributed by atoms with Gasteiger partial charge in [-0.2, -0.15) is 0 Å². The second-order valence-electron chi connectivity index (χ2n) is 7.94. The lowest BCUT2D eigenvalue weighted by atomic mass is 9.87. The SMILES string of the molecule is CC(C)(C)c1ccc(-c2nc3c4cccnc4c4ncccc4c3[nH]2)cc1. The van der Waals surface area contributed by atoms with E-state index in [0.29, 0.717) is 0 Å². The molecule has 0 fully saturated rings. The van der Waals surface area contributed by atoms with Crippen LogP contribution in [0.1, 0.15) is 26.3 Å². The van der Waals surface area contributed by atoms with Gasteiger partial charge in [0, 0.05) is 28.7 Å². The molecule has 3 aromatic heterocycles. The first-order valence-corrected chi connectivity index (χ1v) is 9.14. The summed E-state index contributed by atoms with van der Waals surface area (Å²) in [6.07, 6.45) is 3.62. The maximum atomic E-state index is 4.93. The van der Waals surface area contributed by atoms with Gasteiger partial charge in [-0.05, 0) is 35.2 Å². The zero-order valence-corrected chi connectivity index (χ0v) is 15.6. The third-order valence-corrected chi connectivity index (χ3v) is 5.09. The molecule has 4 heteroatoms. The van der Waals surface area contributed by atoms with Crippen LogP contribution in [0.2, 0.25) is 0 Å². The van der Waals surface area contributed by atoms with Gasteiger partial charge in [-0.3, -0.25) is 9.97 Å². The van der Waals surface area contributed by atoms with Crippen molar-refractivity contribution in [2.24, 2.45) is 0 Å². The maximum absolute atomic E-state index is 4.93. The first-order chi connectivity index (χ1) is 13.0. The number of aromatic amines is 1. The highest BCUT2D eigenvalue weighted by Crippen LogP contribution is 2.33. The lowest BCUT2D eigenvalue weighted by molar-refractivity contribution is 0.590. The Labute approximate surface area is 157 Å². The Balaban J connectivity index is 1.79. The molecule has 5 aromatic rings. The second-order valence-corrected chi connectivity index (χ2v) is 7.94. The number of hydrogen-bond acceptors (Lipinski definition) is 3. The average Bonchev–Trinajstić information content (AvgIpc) is 3.14. The first kappa shape index (κ1) is 15.9. The van der Waals surface area contributed by atoms with E-state index in [1.807, 2.05) is 18.3 Å². The van der Waals surface area contributed by atoms with Gasteiger partial charge in [-0.15, -0.1) is 0 Å². The van der Waals surface area contributed by atoms with E-state index in [9.17, 15) is 0 Å². The number of benzene rings is 2. The summed E-state index contributed by atoms with van der Waals surface area (Å²) in [5, 5.41) is 2.07. The summed E-state index contributed by atoms with van der Waals surface area (Å²) in [7, 11) is 0. The van der Waals surface area contributed by atoms with Gasteiger partial charge in [0.15, 0.2) is 0 Å². The highest BCUT2D eigenvalue weighted by molar-refractivity contribution is 6.20. The monoisotopic (exact) mass is 352 g/mol. The van der Waals surface area contributed by atoms with Gasteiger partial charge >= 0.3 is 0 Å². The predicted octanol–water partition coefficient (Wildman–Crippen LogP) is 5.62. The van der Waals surface area contributed by atoms with E-state index in [0.717, 1.165) is 44.2 Å². The van der Waals surface area contributed by atoms with Crippen LogP contribution in [0.5, 0.6) is 0 Å². The van der Waals surface area contributed by atoms with Gasteiger partial charge in [0.1, 0.15) is 5.82 Å². The van der Waals surface area contributed by atoms with Gasteiger partial charge in [0.25, 0.3) is 0 Å². The second kappa shape index (κ2) is 5.61. The van der Waals surface area contributed by atoms with Crippen molar-refractivity contribution in [3.63, 3.8) is 0 Å². The molecule has 0 saturated carbocycles. The average molecular weight is 352 g/mol. The van der Waals surface area contributed by atoms with Crippen LogP contribution in [0.4, 0.5) is 0 Å². The van der Waals surface area contributed by atoms with Crippen molar-refractivity contribution in [3.05, 3.63) is 66.5 Å². The summed E-state index contributed by atoms with van der Waals surface area (Å²) in [6.45, 7) is 6.67. The molecular weight excluding hydrogens is 332 g/mol. The molecule has 132 valence electrons. The fourth-order valence-corrected chi connectivity index (χ4v) is 3.61. The molecule has 0 saturated heterocycles. The van der Waals surface area contributed by atoms with Crippen molar-refractivity contribution in [2.45, 2.75) is 26.2 Å². The zero-order chi connectivity index (χ0) is 18.6. The molecule has 2 aromatic carbocycles. The Bertz CT molecular complexity index is 1220. The van der Waals surface area contributed by atoms with Crippen LogP contribution in [0, 0.1) is 0 Å². The molecule has 0 spiro atoms. The molecule has 0 radical (unpaired) electrons. The van der Waals surface area contributed by atoms with Gasteiger partial charge in [-0.1, -0.05) is 45.0 Å². The van der Waals surface area contributed by atoms with Crippen LogP contribution in [-0.4, -0.2) is 19.9 Å². The number of nitrogens with one attached hydrogen (secondary N) is 1. The minimum Gasteiger partial charge on any atom is -0.337 e. The van der Waals surface area contributed by atoms with Crippen LogP contribution < -0.4 is 0 Å². The fraction of sp³-hybridized carbons (Fsp3) is 0.174. The number of imidazole rings is 1. The molecule has 0 unspecified atom stereocenters. The van der Waals surface area contributed by atoms with Crippen molar-refractivity contribution in [3.8, 4) is 11.4 Å². The molecule has 5 rings (SSSR count). The number of pyridine rings is 2. The fourth-order valence-electron chi connectivity index (χ4n) is 3.61. The molecule has 1 N–H and O–H groups in total. The first-order valence-electron chi connectivity index (χ1n) is 9.14. The molecule has 4 nitrogen and oxygen atoms in total. The number of fused-ring (bicyclic) bond motifs is 6. The van der Waals surface area contributed by atoms with Gasteiger partial charge in [0.05, 0.1) is 22.1 Å². The quantitative estimate of drug-likeness (QED) is 0.398. The Kier molecular flexibility index (Phi) is 3.31. The molecule has 27 heavy (non-hydrogen) atoms. The van der Waals surface area contributed by atoms with Gasteiger partial charge in [0.2, 0.25) is 0 Å². The molecule has 3 heterocycles. The maximum Gasteiger partial charge on any atom is 0.138 e. The van der Waals surface area contributed by atoms with Crippen molar-refractivity contribution < 1.29 is 0 Å². The predicted molar refractivity (Wildman–Crippen MR) is 111 cm³/mol. The molecule has 0 aliphatic rings. The molecule has 0 atom stereocenters. The summed E-state index contributed by atoms with van der Waals surface area (Å²) in [6, 6.07) is 16.7. The van der Waals surface area contributed by atoms with Crippen LogP contribution >= 0.6 is 0 Å². The summed E-state index contributed by atoms with van der Waals surface area (Å²) < 4.78 is 0. The van der Waals surface area contributed by atoms with Crippen molar-refractivity contribution >= 4 is 32.8 Å². The minimum atomic E-state index is 0.135. The lowest BCUT2D eigenvalue weighted by Gasteiger charge is -2.18. The van der Waals surface area contributed by atoms with E-state index in [1.165, 1.54) is 5.56 Å². The molecule has 0 aliphatic heterocycles. The van der Waals surface area contributed by atoms with Crippen LogP contribution in [0.25, 0.3) is 44.2 Å². The molecule has 0 amide bonds. The van der Waals surface area contributed by atoms with Crippen LogP contribution in [0.3, 0.4) is 0 Å². The van der Waals surface area contributed by atoms with Crippen molar-refractivity contribution in [1.29, 1.82) is 0 Å². The lowest BCUT2D eigenvalue weighted by Crippen LogP contribution is -2.10. The highest BCUT2D eigenvalue weighted by Gasteiger charge is 2.16. The van der Waals surface area contributed by atoms with Crippen molar-refractivity contribution in [1.82, 2.24) is 19.9 Å². The number of nitrogens with zero attached hydrogens (tertiary/aromatic N) is 3. The van der Waals surface area contributed by atoms with E-state index in [4.69, 9.17) is 4.98 Å². The highest BCUT2D eigenvalue weighted by atomic mass is 14.9. The normalized spacial score (nSPS) is 12.3. The Morgan fingerprint density at radius 1 is 0.741 bits per heavy atom. The number of hydrogen-bond donors (Lipinski definition) is 1. The van der Waals surface area contributed by atoms with E-state index < -0.39 is 0 Å². The summed E-state index contributed by atoms with van der Waals surface area (Å²) in [4.78, 5) is 17.6. The Hall–Kier alpha value is -3.27. The zero-order valence-electron chi connectivity index (χ0n) is 15.6. The molecule has 0 aliphatic carbocycles. The number of aromatic nitrogens is 4. The summed E-state index contributed by atoms with van der Waals surface area (Å²) in [5.41, 5.74) is 6.26. The third kappa shape index (κ3) is 2.48. The standard InChI is InChI=1S/C23H20N4/c1-23(2,3)15-10-8-14(9-11-15)22-26-20-16-6-4-12-24-18(16)19-17(21(20)27-22)7-5-13-25-19/h4-13H,1-3H3,(H,26,27). The topological polar surface area (TPSA) is 54.5 Å². The Morgan fingerprint density at radius 3 is 2.04 bits per heavy atom. The van der Waals surface area contributed by atoms with Crippen LogP contribution in [0.15, 0.2) is 60.9 Å². The number of rotatable bonds is 1. The van der Waals surface area contributed by atoms with E-state index in [-0.39, 0.29) is 5.41 Å². The van der Waals surface area contributed by atoms with Gasteiger partial charge in [-0.25, -0.2) is 4.98 Å². The molecule has 0 bridgehead atoms. The number of H-pyrrole nitrogens is 1. The van der Waals surface area contributed by atoms with E-state index >= 15 is 0 Å². The summed E-state index contributed by atoms with van der Waals surface area (Å²) in [5.74, 6) is 0.868. The minimum absolute atomic E-state index is 0.135. The Morgan fingerprint density at radius 2 is 1.37 bits per heavy atom. The summed E-state index contributed by atoms with van der Waals surface area (Å²) >= 11 is 0. The molecular formula is C23H20N4. The van der Waals surface area contributed by atoms with Crippen LogP contribution in [-0.2, 0) is 5.41 Å². The van der Waals surface area contributed by atoms with E-state index in [1.54, 1.807) is 6.20 Å². The largest absolute Gasteiger partial charge is 0.337 e. The van der Waals surface area contributed by atoms with Gasteiger partial charge < -0.3 is 4.98 Å². The van der Waals surface area contributed by atoms with E-state index in [2.05, 4.69) is 72.1 Å². The smallest absolute Gasteiger partial charge is 0.138 e. The third-order valence-electron chi connectivity index (χ3n) is 5.09.